The van der Waals surface area contributed by atoms with Crippen LogP contribution in [0, 0.1) is 0 Å². The van der Waals surface area contributed by atoms with Gasteiger partial charge in [-0.1, -0.05) is 12.1 Å². The number of esters is 2. The van der Waals surface area contributed by atoms with Crippen LogP contribution >= 0.6 is 11.3 Å². The largest absolute Gasteiger partial charge is 0.497 e. The first-order valence-electron chi connectivity index (χ1n) is 9.68. The number of benzene rings is 1. The Bertz CT molecular complexity index is 1020. The van der Waals surface area contributed by atoms with Crippen molar-refractivity contribution in [2.24, 2.45) is 0 Å². The molecule has 0 aliphatic carbocycles. The highest BCUT2D eigenvalue weighted by Crippen LogP contribution is 2.29. The van der Waals surface area contributed by atoms with Gasteiger partial charge in [-0.05, 0) is 24.6 Å². The molecule has 1 aromatic carbocycles. The van der Waals surface area contributed by atoms with Crippen molar-refractivity contribution in [1.82, 2.24) is 15.6 Å². The predicted octanol–water partition coefficient (Wildman–Crippen LogP) is 2.33. The lowest BCUT2D eigenvalue weighted by Gasteiger charge is -2.29. The van der Waals surface area contributed by atoms with Crippen LogP contribution < -0.4 is 15.4 Å². The zero-order valence-electron chi connectivity index (χ0n) is 17.8. The van der Waals surface area contributed by atoms with E-state index in [4.69, 9.17) is 18.9 Å². The van der Waals surface area contributed by atoms with Crippen LogP contribution in [-0.4, -0.2) is 50.4 Å². The number of carbonyl (C=O) groups is 3. The molecule has 2 amide bonds. The molecule has 3 rings (SSSR count). The summed E-state index contributed by atoms with van der Waals surface area (Å²) in [5, 5.41) is 7.44. The van der Waals surface area contributed by atoms with Crippen LogP contribution in [0.4, 0.5) is 4.79 Å². The summed E-state index contributed by atoms with van der Waals surface area (Å²) in [6, 6.07) is 5.54. The second kappa shape index (κ2) is 10.7. The lowest BCUT2D eigenvalue weighted by Crippen LogP contribution is -2.47. The third-order valence-corrected chi connectivity index (χ3v) is 5.30. The molecule has 1 unspecified atom stereocenters. The molecule has 1 aromatic heterocycles. The molecule has 2 heterocycles. The summed E-state index contributed by atoms with van der Waals surface area (Å²) >= 11 is 1.26. The van der Waals surface area contributed by atoms with Crippen molar-refractivity contribution >= 4 is 29.3 Å². The second-order valence-corrected chi connectivity index (χ2v) is 7.50. The van der Waals surface area contributed by atoms with Crippen LogP contribution in [0.2, 0.25) is 0 Å². The van der Waals surface area contributed by atoms with Crippen molar-refractivity contribution in [1.29, 1.82) is 0 Å². The van der Waals surface area contributed by atoms with Crippen molar-refractivity contribution < 1.29 is 33.3 Å². The number of urea groups is 1. The first-order valence-corrected chi connectivity index (χ1v) is 10.6. The third kappa shape index (κ3) is 5.42. The van der Waals surface area contributed by atoms with E-state index in [-0.39, 0.29) is 36.8 Å². The molecule has 0 bridgehead atoms. The molecule has 2 aromatic rings. The highest BCUT2D eigenvalue weighted by Gasteiger charge is 2.34. The van der Waals surface area contributed by atoms with Gasteiger partial charge < -0.3 is 29.6 Å². The number of hydrogen-bond acceptors (Lipinski definition) is 9. The average molecular weight is 461 g/mol. The quantitative estimate of drug-likeness (QED) is 0.545. The van der Waals surface area contributed by atoms with Gasteiger partial charge in [0, 0.05) is 12.5 Å². The maximum Gasteiger partial charge on any atom is 0.358 e. The molecule has 10 nitrogen and oxygen atoms in total. The topological polar surface area (TPSA) is 125 Å². The lowest BCUT2D eigenvalue weighted by molar-refractivity contribution is -0.139. The van der Waals surface area contributed by atoms with E-state index in [0.29, 0.717) is 16.3 Å². The van der Waals surface area contributed by atoms with E-state index in [0.717, 1.165) is 0 Å². The molecular formula is C21H23N3O7S. The van der Waals surface area contributed by atoms with Crippen LogP contribution in [0.3, 0.4) is 0 Å². The van der Waals surface area contributed by atoms with E-state index < -0.39 is 24.0 Å². The van der Waals surface area contributed by atoms with E-state index in [2.05, 4.69) is 15.6 Å². The fourth-order valence-electron chi connectivity index (χ4n) is 3.03. The molecule has 170 valence electrons. The Hall–Kier alpha value is -3.44. The summed E-state index contributed by atoms with van der Waals surface area (Å²) in [5.74, 6) is -0.697. The fraction of sp³-hybridized carbons (Fsp3) is 0.333. The number of thiazole rings is 1. The van der Waals surface area contributed by atoms with Crippen molar-refractivity contribution in [3.8, 4) is 5.75 Å². The second-order valence-electron chi connectivity index (χ2n) is 6.55. The minimum absolute atomic E-state index is 0.118. The molecule has 2 N–H and O–H groups in total. The van der Waals surface area contributed by atoms with Gasteiger partial charge in [0.25, 0.3) is 0 Å². The van der Waals surface area contributed by atoms with Crippen LogP contribution in [0.1, 0.15) is 34.0 Å². The molecular weight excluding hydrogens is 438 g/mol. The fourth-order valence-corrected chi connectivity index (χ4v) is 3.77. The number of aromatic nitrogens is 1. The third-order valence-electron chi connectivity index (χ3n) is 4.47. The molecule has 1 aliphatic heterocycles. The monoisotopic (exact) mass is 461 g/mol. The van der Waals surface area contributed by atoms with Gasteiger partial charge in [-0.2, -0.15) is 0 Å². The summed E-state index contributed by atoms with van der Waals surface area (Å²) in [6.45, 7) is 1.75. The normalized spacial score (nSPS) is 15.6. The Kier molecular flexibility index (Phi) is 7.79. The smallest absolute Gasteiger partial charge is 0.358 e. The van der Waals surface area contributed by atoms with Gasteiger partial charge in [-0.15, -0.1) is 11.3 Å². The van der Waals surface area contributed by atoms with Crippen LogP contribution in [-0.2, 0) is 25.6 Å². The lowest BCUT2D eigenvalue weighted by atomic mass is 9.95. The van der Waals surface area contributed by atoms with Gasteiger partial charge in [0.2, 0.25) is 0 Å². The predicted molar refractivity (Wildman–Crippen MR) is 114 cm³/mol. The molecule has 1 aliphatic rings. The maximum absolute atomic E-state index is 12.8. The van der Waals surface area contributed by atoms with Crippen molar-refractivity contribution in [3.05, 3.63) is 57.2 Å². The van der Waals surface area contributed by atoms with Gasteiger partial charge in [0.15, 0.2) is 5.69 Å². The molecule has 0 saturated carbocycles. The Balaban J connectivity index is 1.87. The van der Waals surface area contributed by atoms with Crippen molar-refractivity contribution in [2.45, 2.75) is 19.6 Å². The highest BCUT2D eigenvalue weighted by molar-refractivity contribution is 7.09. The SMILES string of the molecule is CCOC(=O)C1=C(COC(=O)c2csc(COC)n2)NC(=O)NC1c1ccc(OC)cc1. The first-order chi connectivity index (χ1) is 15.5. The highest BCUT2D eigenvalue weighted by atomic mass is 32.1. The number of hydrogen-bond donors (Lipinski definition) is 2. The number of methoxy groups -OCH3 is 2. The van der Waals surface area contributed by atoms with Gasteiger partial charge in [0.1, 0.15) is 17.4 Å². The summed E-state index contributed by atoms with van der Waals surface area (Å²) < 4.78 is 20.7. The van der Waals surface area contributed by atoms with Gasteiger partial charge in [-0.3, -0.25) is 0 Å². The van der Waals surface area contributed by atoms with Crippen LogP contribution in [0.25, 0.3) is 0 Å². The first kappa shape index (κ1) is 23.2. The average Bonchev–Trinajstić information content (AvgIpc) is 3.26. The minimum atomic E-state index is -0.796. The number of amides is 2. The van der Waals surface area contributed by atoms with Gasteiger partial charge in [0.05, 0.1) is 37.6 Å². The number of nitrogens with zero attached hydrogens (tertiary/aromatic N) is 1. The van der Waals surface area contributed by atoms with E-state index in [9.17, 15) is 14.4 Å². The Morgan fingerprint density at radius 2 is 1.84 bits per heavy atom. The van der Waals surface area contributed by atoms with E-state index in [1.54, 1.807) is 36.6 Å². The zero-order valence-corrected chi connectivity index (χ0v) is 18.6. The van der Waals surface area contributed by atoms with Crippen LogP contribution in [0.5, 0.6) is 5.75 Å². The van der Waals surface area contributed by atoms with E-state index in [1.807, 2.05) is 0 Å². The molecule has 0 saturated heterocycles. The Labute approximate surface area is 188 Å². The summed E-state index contributed by atoms with van der Waals surface area (Å²) in [7, 11) is 3.07. The molecule has 0 fully saturated rings. The molecule has 32 heavy (non-hydrogen) atoms. The van der Waals surface area contributed by atoms with Crippen molar-refractivity contribution in [2.75, 3.05) is 27.4 Å². The molecule has 0 radical (unpaired) electrons. The van der Waals surface area contributed by atoms with E-state index in [1.165, 1.54) is 25.6 Å². The number of ether oxygens (including phenoxy) is 4. The maximum atomic E-state index is 12.8. The van der Waals surface area contributed by atoms with Gasteiger partial charge >= 0.3 is 18.0 Å². The van der Waals surface area contributed by atoms with Gasteiger partial charge in [-0.25, -0.2) is 19.4 Å². The summed E-state index contributed by atoms with van der Waals surface area (Å²) in [6.07, 6.45) is 0. The number of rotatable bonds is 9. The number of nitrogens with one attached hydrogen (secondary N) is 2. The molecule has 1 atom stereocenters. The Morgan fingerprint density at radius 1 is 1.09 bits per heavy atom. The molecule has 0 spiro atoms. The van der Waals surface area contributed by atoms with Crippen LogP contribution in [0.15, 0.2) is 40.9 Å². The summed E-state index contributed by atoms with van der Waals surface area (Å²) in [5.41, 5.74) is 1.03. The standard InChI is InChI=1S/C21H23N3O7S/c1-4-30-20(26)17-14(9-31-19(25)15-11-32-16(22-15)10-28-2)23-21(27)24-18(17)12-5-7-13(29-3)8-6-12/h5-8,11,18H,4,9-10H2,1-3H3,(H2,23,24,27). The zero-order chi connectivity index (χ0) is 23.1. The van der Waals surface area contributed by atoms with E-state index >= 15 is 0 Å². The number of carbonyl (C=O) groups excluding carboxylic acids is 3. The molecule has 11 heteroatoms. The van der Waals surface area contributed by atoms with Crippen molar-refractivity contribution in [3.63, 3.8) is 0 Å². The minimum Gasteiger partial charge on any atom is -0.497 e. The summed E-state index contributed by atoms with van der Waals surface area (Å²) in [4.78, 5) is 41.6. The Morgan fingerprint density at radius 3 is 2.50 bits per heavy atom.